The van der Waals surface area contributed by atoms with Gasteiger partial charge >= 0.3 is 0 Å². The van der Waals surface area contributed by atoms with Crippen LogP contribution in [-0.4, -0.2) is 25.0 Å². The molecular formula is C22H26N2O3. The molecule has 0 aliphatic carbocycles. The molecule has 0 atom stereocenters. The van der Waals surface area contributed by atoms with Crippen LogP contribution in [-0.2, 0) is 16.0 Å². The first-order valence-electron chi connectivity index (χ1n) is 9.49. The number of nitrogens with zero attached hydrogens (tertiary/aromatic N) is 1. The van der Waals surface area contributed by atoms with Crippen molar-refractivity contribution < 1.29 is 14.3 Å². The number of fused-ring (bicyclic) bond motifs is 1. The van der Waals surface area contributed by atoms with Gasteiger partial charge in [0.1, 0.15) is 5.75 Å². The summed E-state index contributed by atoms with van der Waals surface area (Å²) in [7, 11) is 0. The van der Waals surface area contributed by atoms with Crippen molar-refractivity contribution in [3.8, 4) is 5.75 Å². The molecule has 0 radical (unpaired) electrons. The Balaban J connectivity index is 1.58. The van der Waals surface area contributed by atoms with Gasteiger partial charge < -0.3 is 15.0 Å². The standard InChI is InChI=1S/C22H26N2O3/c1-3-4-5-17-7-9-18(10-8-17)23-21(25)12-13-24-19-14-16(2)6-11-20(19)27-15-22(24)26/h6-11,14H,3-5,12-13,15H2,1-2H3,(H,23,25). The summed E-state index contributed by atoms with van der Waals surface area (Å²) in [6.07, 6.45) is 3.63. The maximum atomic E-state index is 12.3. The van der Waals surface area contributed by atoms with E-state index in [1.165, 1.54) is 18.4 Å². The summed E-state index contributed by atoms with van der Waals surface area (Å²) in [6.45, 7) is 4.48. The van der Waals surface area contributed by atoms with Gasteiger partial charge in [0.05, 0.1) is 5.69 Å². The Bertz CT molecular complexity index is 815. The van der Waals surface area contributed by atoms with Crippen LogP contribution in [0, 0.1) is 6.92 Å². The second-order valence-corrected chi connectivity index (χ2v) is 6.90. The van der Waals surface area contributed by atoms with Gasteiger partial charge in [-0.15, -0.1) is 0 Å². The molecule has 5 nitrogen and oxygen atoms in total. The molecule has 2 aromatic carbocycles. The van der Waals surface area contributed by atoms with Gasteiger partial charge in [0.25, 0.3) is 5.91 Å². The van der Waals surface area contributed by atoms with Gasteiger partial charge in [0.15, 0.2) is 6.61 Å². The number of amides is 2. The number of anilines is 2. The maximum absolute atomic E-state index is 12.3. The van der Waals surface area contributed by atoms with Gasteiger partial charge in [-0.2, -0.15) is 0 Å². The normalized spacial score (nSPS) is 13.1. The molecule has 1 aliphatic heterocycles. The highest BCUT2D eigenvalue weighted by atomic mass is 16.5. The van der Waals surface area contributed by atoms with Crippen molar-refractivity contribution in [2.24, 2.45) is 0 Å². The average molecular weight is 366 g/mol. The fourth-order valence-electron chi connectivity index (χ4n) is 3.13. The Morgan fingerprint density at radius 1 is 1.19 bits per heavy atom. The molecular weight excluding hydrogens is 340 g/mol. The van der Waals surface area contributed by atoms with Crippen LogP contribution in [0.3, 0.4) is 0 Å². The fraction of sp³-hybridized carbons (Fsp3) is 0.364. The van der Waals surface area contributed by atoms with E-state index in [2.05, 4.69) is 24.4 Å². The van der Waals surface area contributed by atoms with Crippen molar-refractivity contribution in [3.05, 3.63) is 53.6 Å². The third kappa shape index (κ3) is 4.88. The third-order valence-corrected chi connectivity index (χ3v) is 4.68. The molecule has 0 fully saturated rings. The number of hydrogen-bond acceptors (Lipinski definition) is 3. The molecule has 0 saturated carbocycles. The fourth-order valence-corrected chi connectivity index (χ4v) is 3.13. The maximum Gasteiger partial charge on any atom is 0.265 e. The van der Waals surface area contributed by atoms with E-state index in [9.17, 15) is 9.59 Å². The van der Waals surface area contributed by atoms with E-state index in [4.69, 9.17) is 4.74 Å². The van der Waals surface area contributed by atoms with E-state index in [0.29, 0.717) is 12.3 Å². The van der Waals surface area contributed by atoms with E-state index in [-0.39, 0.29) is 24.8 Å². The Kier molecular flexibility index (Phi) is 6.12. The lowest BCUT2D eigenvalue weighted by atomic mass is 10.1. The topological polar surface area (TPSA) is 58.6 Å². The average Bonchev–Trinajstić information content (AvgIpc) is 2.66. The molecule has 1 N–H and O–H groups in total. The number of ether oxygens (including phenoxy) is 1. The number of carbonyl (C=O) groups excluding carboxylic acids is 2. The highest BCUT2D eigenvalue weighted by Crippen LogP contribution is 2.32. The molecule has 1 heterocycles. The molecule has 1 aliphatic rings. The summed E-state index contributed by atoms with van der Waals surface area (Å²) < 4.78 is 5.47. The Morgan fingerprint density at radius 2 is 1.96 bits per heavy atom. The molecule has 0 bridgehead atoms. The van der Waals surface area contributed by atoms with Gasteiger partial charge in [0.2, 0.25) is 5.91 Å². The summed E-state index contributed by atoms with van der Waals surface area (Å²) in [4.78, 5) is 26.2. The number of unbranched alkanes of at least 4 members (excludes halogenated alkanes) is 1. The van der Waals surface area contributed by atoms with Crippen LogP contribution in [0.1, 0.15) is 37.3 Å². The predicted octanol–water partition coefficient (Wildman–Crippen LogP) is 4.09. The summed E-state index contributed by atoms with van der Waals surface area (Å²) >= 11 is 0. The SMILES string of the molecule is CCCCc1ccc(NC(=O)CCN2C(=O)COc3ccc(C)cc32)cc1. The van der Waals surface area contributed by atoms with Crippen LogP contribution in [0.4, 0.5) is 11.4 Å². The summed E-state index contributed by atoms with van der Waals surface area (Å²) in [6, 6.07) is 13.7. The monoisotopic (exact) mass is 366 g/mol. The Hall–Kier alpha value is -2.82. The first-order valence-corrected chi connectivity index (χ1v) is 9.49. The zero-order valence-corrected chi connectivity index (χ0v) is 16.0. The van der Waals surface area contributed by atoms with Crippen LogP contribution in [0.2, 0.25) is 0 Å². The quantitative estimate of drug-likeness (QED) is 0.803. The lowest BCUT2D eigenvalue weighted by molar-refractivity contribution is -0.121. The van der Waals surface area contributed by atoms with Crippen LogP contribution in [0.5, 0.6) is 5.75 Å². The van der Waals surface area contributed by atoms with Crippen molar-refractivity contribution in [1.29, 1.82) is 0 Å². The largest absolute Gasteiger partial charge is 0.482 e. The molecule has 3 rings (SSSR count). The molecule has 0 saturated heterocycles. The molecule has 5 heteroatoms. The van der Waals surface area contributed by atoms with Crippen molar-refractivity contribution in [1.82, 2.24) is 0 Å². The minimum absolute atomic E-state index is 0.0108. The first kappa shape index (κ1) is 19.0. The van der Waals surface area contributed by atoms with Gasteiger partial charge in [-0.3, -0.25) is 9.59 Å². The minimum atomic E-state index is -0.124. The molecule has 27 heavy (non-hydrogen) atoms. The summed E-state index contributed by atoms with van der Waals surface area (Å²) in [5.74, 6) is 0.453. The van der Waals surface area contributed by atoms with E-state index >= 15 is 0 Å². The minimum Gasteiger partial charge on any atom is -0.482 e. The van der Waals surface area contributed by atoms with E-state index < -0.39 is 0 Å². The number of aryl methyl sites for hydroxylation is 2. The van der Waals surface area contributed by atoms with Crippen LogP contribution in [0.15, 0.2) is 42.5 Å². The van der Waals surface area contributed by atoms with E-state index in [1.807, 2.05) is 37.3 Å². The first-order chi connectivity index (χ1) is 13.1. The Labute approximate surface area is 160 Å². The van der Waals surface area contributed by atoms with E-state index in [1.54, 1.807) is 4.90 Å². The zero-order valence-electron chi connectivity index (χ0n) is 16.0. The lowest BCUT2D eigenvalue weighted by Crippen LogP contribution is -2.40. The van der Waals surface area contributed by atoms with Crippen LogP contribution < -0.4 is 15.0 Å². The highest BCUT2D eigenvalue weighted by molar-refractivity contribution is 5.99. The molecule has 2 aromatic rings. The number of carbonyl (C=O) groups is 2. The smallest absolute Gasteiger partial charge is 0.265 e. The number of rotatable bonds is 7. The molecule has 0 aromatic heterocycles. The molecule has 2 amide bonds. The third-order valence-electron chi connectivity index (χ3n) is 4.68. The number of hydrogen-bond donors (Lipinski definition) is 1. The molecule has 0 unspecified atom stereocenters. The summed E-state index contributed by atoms with van der Waals surface area (Å²) in [5.41, 5.74) is 3.84. The summed E-state index contributed by atoms with van der Waals surface area (Å²) in [5, 5.41) is 2.91. The van der Waals surface area contributed by atoms with Gasteiger partial charge in [-0.05, 0) is 55.2 Å². The van der Waals surface area contributed by atoms with E-state index in [0.717, 1.165) is 23.4 Å². The highest BCUT2D eigenvalue weighted by Gasteiger charge is 2.25. The second-order valence-electron chi connectivity index (χ2n) is 6.90. The van der Waals surface area contributed by atoms with Crippen LogP contribution in [0.25, 0.3) is 0 Å². The second kappa shape index (κ2) is 8.71. The van der Waals surface area contributed by atoms with Gasteiger partial charge in [-0.1, -0.05) is 31.5 Å². The van der Waals surface area contributed by atoms with Gasteiger partial charge in [0, 0.05) is 18.7 Å². The van der Waals surface area contributed by atoms with Crippen LogP contribution >= 0.6 is 0 Å². The van der Waals surface area contributed by atoms with Crippen molar-refractivity contribution >= 4 is 23.2 Å². The number of nitrogens with one attached hydrogen (secondary N) is 1. The van der Waals surface area contributed by atoms with Crippen molar-refractivity contribution in [3.63, 3.8) is 0 Å². The van der Waals surface area contributed by atoms with Crippen molar-refractivity contribution in [2.45, 2.75) is 39.5 Å². The zero-order chi connectivity index (χ0) is 19.2. The lowest BCUT2D eigenvalue weighted by Gasteiger charge is -2.29. The Morgan fingerprint density at radius 3 is 2.70 bits per heavy atom. The molecule has 142 valence electrons. The van der Waals surface area contributed by atoms with Crippen molar-refractivity contribution in [2.75, 3.05) is 23.4 Å². The number of benzene rings is 2. The molecule has 0 spiro atoms. The van der Waals surface area contributed by atoms with Gasteiger partial charge in [-0.25, -0.2) is 0 Å². The predicted molar refractivity (Wildman–Crippen MR) is 107 cm³/mol.